The van der Waals surface area contributed by atoms with Crippen LogP contribution in [0, 0.1) is 0 Å². The first-order valence-electron chi connectivity index (χ1n) is 5.42. The Labute approximate surface area is 96.8 Å². The van der Waals surface area contributed by atoms with Crippen LogP contribution in [0.5, 0.6) is 0 Å². The van der Waals surface area contributed by atoms with Crippen molar-refractivity contribution >= 4 is 11.6 Å². The van der Waals surface area contributed by atoms with E-state index in [9.17, 15) is 9.90 Å². The summed E-state index contributed by atoms with van der Waals surface area (Å²) in [5, 5.41) is 12.2. The number of nitrogens with one attached hydrogen (secondary N) is 1. The van der Waals surface area contributed by atoms with E-state index >= 15 is 0 Å². The number of hydrogen-bond acceptors (Lipinski definition) is 3. The third-order valence-corrected chi connectivity index (χ3v) is 2.05. The summed E-state index contributed by atoms with van der Waals surface area (Å²) in [5.74, 6) is -0.516. The average molecular weight is 224 g/mol. The van der Waals surface area contributed by atoms with Crippen LogP contribution in [-0.2, 0) is 4.79 Å². The highest BCUT2D eigenvalue weighted by Crippen LogP contribution is 1.99. The van der Waals surface area contributed by atoms with Crippen molar-refractivity contribution in [2.24, 2.45) is 4.99 Å². The number of hydrogen-bond donors (Lipinski definition) is 2. The maximum absolute atomic E-state index is 11.7. The first-order chi connectivity index (χ1) is 7.56. The number of rotatable bonds is 6. The summed E-state index contributed by atoms with van der Waals surface area (Å²) in [6.45, 7) is 9.01. The summed E-state index contributed by atoms with van der Waals surface area (Å²) in [6, 6.07) is 0.0668. The first kappa shape index (κ1) is 14.4. The van der Waals surface area contributed by atoms with Crippen LogP contribution in [0.3, 0.4) is 0 Å². The lowest BCUT2D eigenvalue weighted by Crippen LogP contribution is -2.38. The molecule has 4 nitrogen and oxygen atoms in total. The summed E-state index contributed by atoms with van der Waals surface area (Å²) in [5.41, 5.74) is 0.000420. The van der Waals surface area contributed by atoms with Gasteiger partial charge in [-0.2, -0.15) is 0 Å². The second kappa shape index (κ2) is 7.68. The van der Waals surface area contributed by atoms with E-state index in [0.29, 0.717) is 0 Å². The molecular formula is C12H20N2O2. The molecule has 2 N–H and O–H groups in total. The number of aliphatic imine (C=N–C) groups is 1. The van der Waals surface area contributed by atoms with Crippen LogP contribution in [0.2, 0.25) is 0 Å². The van der Waals surface area contributed by atoms with Crippen LogP contribution < -0.4 is 5.32 Å². The molecule has 0 aromatic rings. The Morgan fingerprint density at radius 3 is 2.69 bits per heavy atom. The van der Waals surface area contributed by atoms with Gasteiger partial charge in [0.15, 0.2) is 5.71 Å². The molecule has 0 fully saturated rings. The molecule has 0 radical (unpaired) electrons. The quantitative estimate of drug-likeness (QED) is 0.537. The van der Waals surface area contributed by atoms with Crippen molar-refractivity contribution in [3.63, 3.8) is 0 Å². The molecule has 0 saturated heterocycles. The van der Waals surface area contributed by atoms with Gasteiger partial charge < -0.3 is 10.4 Å². The number of carbonyl (C=O) groups is 1. The van der Waals surface area contributed by atoms with E-state index in [4.69, 9.17) is 0 Å². The Bertz CT molecular complexity index is 306. The minimum atomic E-state index is -0.378. The van der Waals surface area contributed by atoms with Gasteiger partial charge in [-0.15, -0.1) is 0 Å². The molecule has 90 valence electrons. The summed E-state index contributed by atoms with van der Waals surface area (Å²) < 4.78 is 0. The molecule has 1 amide bonds. The summed E-state index contributed by atoms with van der Waals surface area (Å²) in [7, 11) is 0. The predicted octanol–water partition coefficient (Wildman–Crippen LogP) is 2.34. The lowest BCUT2D eigenvalue weighted by atomic mass is 10.2. The highest BCUT2D eigenvalue weighted by Gasteiger charge is 2.16. The van der Waals surface area contributed by atoms with E-state index in [0.717, 1.165) is 12.8 Å². The van der Waals surface area contributed by atoms with Crippen LogP contribution in [0.4, 0.5) is 0 Å². The average Bonchev–Trinajstić information content (AvgIpc) is 2.24. The van der Waals surface area contributed by atoms with Crippen LogP contribution in [0.15, 0.2) is 29.6 Å². The molecular weight excluding hydrogens is 204 g/mol. The lowest BCUT2D eigenvalue weighted by Gasteiger charge is -2.13. The zero-order chi connectivity index (χ0) is 12.6. The largest absolute Gasteiger partial charge is 0.506 e. The number of amides is 1. The third-order valence-electron chi connectivity index (χ3n) is 2.05. The van der Waals surface area contributed by atoms with Gasteiger partial charge in [0, 0.05) is 12.2 Å². The van der Waals surface area contributed by atoms with Gasteiger partial charge in [-0.05, 0) is 26.3 Å². The zero-order valence-electron chi connectivity index (χ0n) is 10.2. The fourth-order valence-electron chi connectivity index (χ4n) is 1.27. The van der Waals surface area contributed by atoms with E-state index in [1.165, 1.54) is 12.3 Å². The van der Waals surface area contributed by atoms with Gasteiger partial charge in [0.25, 0.3) is 5.91 Å². The molecule has 0 aliphatic carbocycles. The van der Waals surface area contributed by atoms with Crippen molar-refractivity contribution in [3.8, 4) is 0 Å². The number of carbonyl (C=O) groups excluding carboxylic acids is 1. The van der Waals surface area contributed by atoms with Crippen molar-refractivity contribution in [2.75, 3.05) is 0 Å². The van der Waals surface area contributed by atoms with Gasteiger partial charge in [-0.3, -0.25) is 4.79 Å². The minimum Gasteiger partial charge on any atom is -0.506 e. The summed E-state index contributed by atoms with van der Waals surface area (Å²) in [4.78, 5) is 15.5. The lowest BCUT2D eigenvalue weighted by molar-refractivity contribution is -0.115. The minimum absolute atomic E-state index is 0.000420. The fraction of sp³-hybridized carbons (Fsp3) is 0.500. The first-order valence-corrected chi connectivity index (χ1v) is 5.42. The smallest absolute Gasteiger partial charge is 0.273 e. The summed E-state index contributed by atoms with van der Waals surface area (Å²) >= 11 is 0. The van der Waals surface area contributed by atoms with Crippen molar-refractivity contribution in [1.29, 1.82) is 0 Å². The highest BCUT2D eigenvalue weighted by atomic mass is 16.3. The number of aliphatic hydroxyl groups excluding tert-OH is 1. The van der Waals surface area contributed by atoms with E-state index in [1.807, 2.05) is 13.8 Å². The van der Waals surface area contributed by atoms with E-state index in [2.05, 4.69) is 16.9 Å². The monoisotopic (exact) mass is 224 g/mol. The zero-order valence-corrected chi connectivity index (χ0v) is 10.2. The summed E-state index contributed by atoms with van der Waals surface area (Å²) in [6.07, 6.45) is 4.54. The SMILES string of the molecule is C=C/N=C(C(=O)NC(C)CCC)\C(O)=C/C. The number of aliphatic hydroxyl groups is 1. The standard InChI is InChI=1S/C12H20N2O2/c1-5-8-9(4)14-12(16)11(13-7-3)10(15)6-2/h6-7,9,15H,3,5,8H2,1-2,4H3,(H,14,16)/b10-6+,13-11+. The normalized spacial score (nSPS) is 14.4. The topological polar surface area (TPSA) is 61.7 Å². The van der Waals surface area contributed by atoms with Crippen molar-refractivity contribution in [1.82, 2.24) is 5.32 Å². The Morgan fingerprint density at radius 1 is 1.62 bits per heavy atom. The van der Waals surface area contributed by atoms with E-state index in [1.54, 1.807) is 6.92 Å². The number of allylic oxidation sites excluding steroid dienone is 1. The molecule has 4 heteroatoms. The fourth-order valence-corrected chi connectivity index (χ4v) is 1.27. The second-order valence-electron chi connectivity index (χ2n) is 3.50. The molecule has 0 aromatic carbocycles. The molecule has 0 aromatic heterocycles. The maximum Gasteiger partial charge on any atom is 0.273 e. The van der Waals surface area contributed by atoms with Crippen molar-refractivity contribution in [3.05, 3.63) is 24.6 Å². The van der Waals surface area contributed by atoms with Gasteiger partial charge in [-0.1, -0.05) is 19.9 Å². The Morgan fingerprint density at radius 2 is 2.25 bits per heavy atom. The molecule has 0 rings (SSSR count). The molecule has 1 unspecified atom stereocenters. The van der Waals surface area contributed by atoms with Gasteiger partial charge in [-0.25, -0.2) is 4.99 Å². The predicted molar refractivity (Wildman–Crippen MR) is 66.5 cm³/mol. The molecule has 0 aliphatic heterocycles. The Kier molecular flexibility index (Phi) is 6.92. The van der Waals surface area contributed by atoms with Crippen LogP contribution in [0.1, 0.15) is 33.6 Å². The van der Waals surface area contributed by atoms with Crippen molar-refractivity contribution < 1.29 is 9.90 Å². The molecule has 0 saturated carbocycles. The second-order valence-corrected chi connectivity index (χ2v) is 3.50. The third kappa shape index (κ3) is 4.77. The van der Waals surface area contributed by atoms with E-state index in [-0.39, 0.29) is 23.4 Å². The molecule has 16 heavy (non-hydrogen) atoms. The van der Waals surface area contributed by atoms with Gasteiger partial charge in [0.2, 0.25) is 0 Å². The van der Waals surface area contributed by atoms with E-state index < -0.39 is 0 Å². The maximum atomic E-state index is 11.7. The van der Waals surface area contributed by atoms with Gasteiger partial charge in [0.1, 0.15) is 5.76 Å². The van der Waals surface area contributed by atoms with Gasteiger partial charge >= 0.3 is 0 Å². The molecule has 0 aliphatic rings. The van der Waals surface area contributed by atoms with Crippen molar-refractivity contribution in [2.45, 2.75) is 39.7 Å². The molecule has 1 atom stereocenters. The van der Waals surface area contributed by atoms with Crippen LogP contribution in [0.25, 0.3) is 0 Å². The van der Waals surface area contributed by atoms with Crippen LogP contribution in [-0.4, -0.2) is 22.8 Å². The van der Waals surface area contributed by atoms with Gasteiger partial charge in [0.05, 0.1) is 0 Å². The molecule has 0 heterocycles. The highest BCUT2D eigenvalue weighted by molar-refractivity contribution is 6.44. The Balaban J connectivity index is 4.65. The Hall–Kier alpha value is -1.58. The molecule has 0 spiro atoms. The molecule has 0 bridgehead atoms. The van der Waals surface area contributed by atoms with Crippen LogP contribution >= 0.6 is 0 Å². The number of nitrogens with zero attached hydrogens (tertiary/aromatic N) is 1.